The molecule has 1 aromatic heterocycles. The molecule has 0 amide bonds. The van der Waals surface area contributed by atoms with Gasteiger partial charge in [0.25, 0.3) is 0 Å². The Bertz CT molecular complexity index is 388. The number of nitrogens with one attached hydrogen (secondary N) is 1. The van der Waals surface area contributed by atoms with Crippen LogP contribution in [0.2, 0.25) is 0 Å². The van der Waals surface area contributed by atoms with Crippen molar-refractivity contribution in [1.29, 1.82) is 0 Å². The molecular formula is C15H24N2O. The van der Waals surface area contributed by atoms with Crippen LogP contribution < -0.4 is 10.1 Å². The number of pyridine rings is 1. The molecule has 1 rings (SSSR count). The van der Waals surface area contributed by atoms with Crippen LogP contribution in [-0.2, 0) is 6.54 Å². The van der Waals surface area contributed by atoms with E-state index < -0.39 is 0 Å². The fraction of sp³-hybridized carbons (Fsp3) is 0.533. The minimum absolute atomic E-state index is 0.680. The summed E-state index contributed by atoms with van der Waals surface area (Å²) in [6, 6.07) is 2.00. The van der Waals surface area contributed by atoms with Gasteiger partial charge in [-0.15, -0.1) is 6.58 Å². The summed E-state index contributed by atoms with van der Waals surface area (Å²) >= 11 is 0. The van der Waals surface area contributed by atoms with Crippen molar-refractivity contribution >= 4 is 0 Å². The SMILES string of the molecule is C=C(C)CCOc1cc(C)ncc1CNCCC. The lowest BCUT2D eigenvalue weighted by Gasteiger charge is -2.12. The van der Waals surface area contributed by atoms with E-state index in [1.54, 1.807) is 0 Å². The first-order valence-corrected chi connectivity index (χ1v) is 6.57. The second kappa shape index (κ2) is 7.88. The van der Waals surface area contributed by atoms with Crippen LogP contribution in [-0.4, -0.2) is 18.1 Å². The fourth-order valence-electron chi connectivity index (χ4n) is 1.57. The summed E-state index contributed by atoms with van der Waals surface area (Å²) < 4.78 is 5.82. The van der Waals surface area contributed by atoms with Crippen molar-refractivity contribution in [2.24, 2.45) is 0 Å². The van der Waals surface area contributed by atoms with E-state index in [0.29, 0.717) is 6.61 Å². The largest absolute Gasteiger partial charge is 0.493 e. The Hall–Kier alpha value is -1.35. The molecule has 0 aromatic carbocycles. The third-order valence-corrected chi connectivity index (χ3v) is 2.61. The van der Waals surface area contributed by atoms with Crippen molar-refractivity contribution in [2.45, 2.75) is 40.2 Å². The second-order valence-electron chi connectivity index (χ2n) is 4.67. The van der Waals surface area contributed by atoms with Gasteiger partial charge in [0.05, 0.1) is 6.61 Å². The molecule has 3 heteroatoms. The highest BCUT2D eigenvalue weighted by atomic mass is 16.5. The molecule has 0 bridgehead atoms. The van der Waals surface area contributed by atoms with E-state index >= 15 is 0 Å². The Morgan fingerprint density at radius 3 is 2.94 bits per heavy atom. The summed E-state index contributed by atoms with van der Waals surface area (Å²) in [6.07, 6.45) is 3.92. The highest BCUT2D eigenvalue weighted by molar-refractivity contribution is 5.32. The molecule has 1 aromatic rings. The van der Waals surface area contributed by atoms with Gasteiger partial charge in [-0.3, -0.25) is 4.98 Å². The third-order valence-electron chi connectivity index (χ3n) is 2.61. The minimum Gasteiger partial charge on any atom is -0.493 e. The number of aromatic nitrogens is 1. The molecule has 0 fully saturated rings. The van der Waals surface area contributed by atoms with Gasteiger partial charge >= 0.3 is 0 Å². The number of nitrogens with zero attached hydrogens (tertiary/aromatic N) is 1. The van der Waals surface area contributed by atoms with Gasteiger partial charge in [0, 0.05) is 36.5 Å². The highest BCUT2D eigenvalue weighted by Gasteiger charge is 2.05. The Morgan fingerprint density at radius 1 is 1.50 bits per heavy atom. The van der Waals surface area contributed by atoms with Crippen molar-refractivity contribution in [2.75, 3.05) is 13.2 Å². The standard InChI is InChI=1S/C15H24N2O/c1-5-7-16-10-14-11-17-13(4)9-15(14)18-8-6-12(2)3/h9,11,16H,2,5-8,10H2,1,3-4H3. The molecule has 0 aliphatic heterocycles. The van der Waals surface area contributed by atoms with Gasteiger partial charge < -0.3 is 10.1 Å². The molecule has 0 unspecified atom stereocenters. The molecule has 100 valence electrons. The smallest absolute Gasteiger partial charge is 0.127 e. The first-order valence-electron chi connectivity index (χ1n) is 6.57. The molecule has 0 spiro atoms. The van der Waals surface area contributed by atoms with Crippen LogP contribution in [0, 0.1) is 6.92 Å². The lowest BCUT2D eigenvalue weighted by Crippen LogP contribution is -2.15. The van der Waals surface area contributed by atoms with E-state index in [2.05, 4.69) is 23.8 Å². The predicted molar refractivity (Wildman–Crippen MR) is 75.9 cm³/mol. The predicted octanol–water partition coefficient (Wildman–Crippen LogP) is 3.23. The third kappa shape index (κ3) is 5.32. The molecule has 0 radical (unpaired) electrons. The van der Waals surface area contributed by atoms with E-state index in [9.17, 15) is 0 Å². The van der Waals surface area contributed by atoms with E-state index in [1.807, 2.05) is 26.1 Å². The molecule has 1 heterocycles. The first kappa shape index (κ1) is 14.7. The van der Waals surface area contributed by atoms with Crippen LogP contribution in [0.25, 0.3) is 0 Å². The van der Waals surface area contributed by atoms with Crippen molar-refractivity contribution in [3.05, 3.63) is 35.7 Å². The number of aryl methyl sites for hydroxylation is 1. The Labute approximate surface area is 110 Å². The van der Waals surface area contributed by atoms with Gasteiger partial charge in [0.1, 0.15) is 5.75 Å². The van der Waals surface area contributed by atoms with Crippen molar-refractivity contribution < 1.29 is 4.74 Å². The van der Waals surface area contributed by atoms with Crippen LogP contribution in [0.5, 0.6) is 5.75 Å². The average Bonchev–Trinajstić information content (AvgIpc) is 2.31. The second-order valence-corrected chi connectivity index (χ2v) is 4.67. The van der Waals surface area contributed by atoms with E-state index in [1.165, 1.54) is 0 Å². The number of rotatable bonds is 8. The van der Waals surface area contributed by atoms with E-state index in [-0.39, 0.29) is 0 Å². The van der Waals surface area contributed by atoms with Crippen LogP contribution in [0.4, 0.5) is 0 Å². The van der Waals surface area contributed by atoms with E-state index in [0.717, 1.165) is 48.5 Å². The quantitative estimate of drug-likeness (QED) is 0.566. The van der Waals surface area contributed by atoms with Gasteiger partial charge in [-0.1, -0.05) is 12.5 Å². The zero-order valence-electron chi connectivity index (χ0n) is 11.8. The summed E-state index contributed by atoms with van der Waals surface area (Å²) in [5.74, 6) is 0.937. The zero-order valence-corrected chi connectivity index (χ0v) is 11.8. The van der Waals surface area contributed by atoms with Gasteiger partial charge in [-0.2, -0.15) is 0 Å². The normalized spacial score (nSPS) is 10.4. The summed E-state index contributed by atoms with van der Waals surface area (Å²) in [6.45, 7) is 12.5. The Morgan fingerprint density at radius 2 is 2.28 bits per heavy atom. The lowest BCUT2D eigenvalue weighted by molar-refractivity contribution is 0.317. The molecule has 18 heavy (non-hydrogen) atoms. The molecule has 0 saturated heterocycles. The van der Waals surface area contributed by atoms with Gasteiger partial charge in [0.15, 0.2) is 0 Å². The molecule has 0 aliphatic rings. The topological polar surface area (TPSA) is 34.1 Å². The number of ether oxygens (including phenoxy) is 1. The summed E-state index contributed by atoms with van der Waals surface area (Å²) in [5, 5.41) is 3.37. The van der Waals surface area contributed by atoms with Crippen LogP contribution >= 0.6 is 0 Å². The molecule has 1 N–H and O–H groups in total. The van der Waals surface area contributed by atoms with Gasteiger partial charge in [-0.25, -0.2) is 0 Å². The summed E-state index contributed by atoms with van der Waals surface area (Å²) in [7, 11) is 0. The van der Waals surface area contributed by atoms with E-state index in [4.69, 9.17) is 4.74 Å². The molecular weight excluding hydrogens is 224 g/mol. The molecule has 3 nitrogen and oxygen atoms in total. The monoisotopic (exact) mass is 248 g/mol. The van der Waals surface area contributed by atoms with Gasteiger partial charge in [-0.05, 0) is 26.8 Å². The van der Waals surface area contributed by atoms with Crippen LogP contribution in [0.15, 0.2) is 24.4 Å². The Kier molecular flexibility index (Phi) is 6.44. The van der Waals surface area contributed by atoms with Crippen LogP contribution in [0.3, 0.4) is 0 Å². The zero-order chi connectivity index (χ0) is 13.4. The average molecular weight is 248 g/mol. The van der Waals surface area contributed by atoms with Crippen LogP contribution in [0.1, 0.15) is 37.9 Å². The maximum Gasteiger partial charge on any atom is 0.127 e. The van der Waals surface area contributed by atoms with Gasteiger partial charge in [0.2, 0.25) is 0 Å². The molecule has 0 saturated carbocycles. The minimum atomic E-state index is 0.680. The highest BCUT2D eigenvalue weighted by Crippen LogP contribution is 2.19. The molecule has 0 atom stereocenters. The van der Waals surface area contributed by atoms with Crippen molar-refractivity contribution in [3.8, 4) is 5.75 Å². The van der Waals surface area contributed by atoms with Crippen molar-refractivity contribution in [1.82, 2.24) is 10.3 Å². The van der Waals surface area contributed by atoms with Crippen molar-refractivity contribution in [3.63, 3.8) is 0 Å². The number of hydrogen-bond donors (Lipinski definition) is 1. The summed E-state index contributed by atoms with van der Waals surface area (Å²) in [5.41, 5.74) is 3.25. The maximum absolute atomic E-state index is 5.82. The summed E-state index contributed by atoms with van der Waals surface area (Å²) in [4.78, 5) is 4.32. The fourth-order valence-corrected chi connectivity index (χ4v) is 1.57. The first-order chi connectivity index (χ1) is 8.63. The maximum atomic E-state index is 5.82. The number of hydrogen-bond acceptors (Lipinski definition) is 3. The lowest BCUT2D eigenvalue weighted by atomic mass is 10.2. The Balaban J connectivity index is 2.61. The molecule has 0 aliphatic carbocycles.